The maximum atomic E-state index is 5.50. The van der Waals surface area contributed by atoms with Crippen molar-refractivity contribution in [3.8, 4) is 0 Å². The van der Waals surface area contributed by atoms with Crippen LogP contribution in [0.4, 0.5) is 0 Å². The van der Waals surface area contributed by atoms with E-state index in [-0.39, 0.29) is 0 Å². The molecule has 2 fully saturated rings. The minimum atomic E-state index is 0.650. The van der Waals surface area contributed by atoms with Gasteiger partial charge in [-0.1, -0.05) is 12.8 Å². The Balaban J connectivity index is 1.70. The van der Waals surface area contributed by atoms with E-state index in [1.54, 1.807) is 0 Å². The van der Waals surface area contributed by atoms with E-state index in [0.29, 0.717) is 6.10 Å². The van der Waals surface area contributed by atoms with Gasteiger partial charge in [0.2, 0.25) is 0 Å². The van der Waals surface area contributed by atoms with Crippen molar-refractivity contribution in [2.45, 2.75) is 38.2 Å². The molecule has 1 atom stereocenters. The zero-order chi connectivity index (χ0) is 6.10. The van der Waals surface area contributed by atoms with Crippen LogP contribution in [0.2, 0.25) is 0 Å². The zero-order valence-corrected chi connectivity index (χ0v) is 5.81. The van der Waals surface area contributed by atoms with Gasteiger partial charge in [0, 0.05) is 6.61 Å². The fourth-order valence-electron chi connectivity index (χ4n) is 1.56. The predicted molar refractivity (Wildman–Crippen MR) is 36.3 cm³/mol. The molecule has 0 radical (unpaired) electrons. The lowest BCUT2D eigenvalue weighted by Crippen LogP contribution is -2.04. The molecule has 1 saturated heterocycles. The van der Waals surface area contributed by atoms with E-state index in [1.807, 2.05) is 0 Å². The van der Waals surface area contributed by atoms with Crippen molar-refractivity contribution in [2.24, 2.45) is 5.92 Å². The molecule has 2 aliphatic rings. The second kappa shape index (κ2) is 2.30. The predicted octanol–water partition coefficient (Wildman–Crippen LogP) is 1.97. The Morgan fingerprint density at radius 3 is 2.67 bits per heavy atom. The molecule has 1 saturated carbocycles. The topological polar surface area (TPSA) is 9.23 Å². The van der Waals surface area contributed by atoms with Gasteiger partial charge in [0.1, 0.15) is 0 Å². The first-order valence-electron chi connectivity index (χ1n) is 4.07. The quantitative estimate of drug-likeness (QED) is 0.549. The summed E-state index contributed by atoms with van der Waals surface area (Å²) >= 11 is 0. The molecule has 52 valence electrons. The highest BCUT2D eigenvalue weighted by Gasteiger charge is 2.27. The lowest BCUT2D eigenvalue weighted by Gasteiger charge is -2.05. The van der Waals surface area contributed by atoms with E-state index in [9.17, 15) is 0 Å². The van der Waals surface area contributed by atoms with Gasteiger partial charge < -0.3 is 4.74 Å². The van der Waals surface area contributed by atoms with Gasteiger partial charge in [-0.25, -0.2) is 0 Å². The molecule has 1 heterocycles. The first-order chi connectivity index (χ1) is 4.45. The molecule has 1 nitrogen and oxygen atoms in total. The van der Waals surface area contributed by atoms with Crippen LogP contribution in [0.1, 0.15) is 32.1 Å². The van der Waals surface area contributed by atoms with Crippen molar-refractivity contribution in [3.63, 3.8) is 0 Å². The number of hydrogen-bond donors (Lipinski definition) is 0. The molecule has 0 N–H and O–H groups in total. The lowest BCUT2D eigenvalue weighted by atomic mass is 10.1. The van der Waals surface area contributed by atoms with Gasteiger partial charge in [-0.15, -0.1) is 0 Å². The molecular weight excluding hydrogens is 112 g/mol. The monoisotopic (exact) mass is 126 g/mol. The van der Waals surface area contributed by atoms with Gasteiger partial charge in [-0.2, -0.15) is 0 Å². The second-order valence-electron chi connectivity index (χ2n) is 3.31. The molecule has 0 bridgehead atoms. The minimum absolute atomic E-state index is 0.650. The first-order valence-corrected chi connectivity index (χ1v) is 4.07. The van der Waals surface area contributed by atoms with Gasteiger partial charge in [0.05, 0.1) is 6.10 Å². The average Bonchev–Trinajstić information content (AvgIpc) is 2.46. The smallest absolute Gasteiger partial charge is 0.0578 e. The van der Waals surface area contributed by atoms with E-state index >= 15 is 0 Å². The van der Waals surface area contributed by atoms with Crippen LogP contribution >= 0.6 is 0 Å². The number of rotatable bonds is 2. The molecule has 0 spiro atoms. The molecule has 1 unspecified atom stereocenters. The Labute approximate surface area is 56.4 Å². The third-order valence-corrected chi connectivity index (χ3v) is 2.32. The van der Waals surface area contributed by atoms with Crippen LogP contribution in [0.5, 0.6) is 0 Å². The summed E-state index contributed by atoms with van der Waals surface area (Å²) in [6, 6.07) is 0. The maximum absolute atomic E-state index is 5.50. The van der Waals surface area contributed by atoms with Crippen LogP contribution < -0.4 is 0 Å². The summed E-state index contributed by atoms with van der Waals surface area (Å²) in [4.78, 5) is 0. The van der Waals surface area contributed by atoms with Gasteiger partial charge in [0.25, 0.3) is 0 Å². The average molecular weight is 126 g/mol. The third-order valence-electron chi connectivity index (χ3n) is 2.32. The van der Waals surface area contributed by atoms with E-state index in [0.717, 1.165) is 12.5 Å². The van der Waals surface area contributed by atoms with Crippen LogP contribution in [0, 0.1) is 5.92 Å². The highest BCUT2D eigenvalue weighted by molar-refractivity contribution is 4.78. The van der Waals surface area contributed by atoms with Crippen LogP contribution in [0.25, 0.3) is 0 Å². The van der Waals surface area contributed by atoms with Gasteiger partial charge >= 0.3 is 0 Å². The fourth-order valence-corrected chi connectivity index (χ4v) is 1.56. The molecule has 1 heteroatoms. The van der Waals surface area contributed by atoms with E-state index < -0.39 is 0 Å². The van der Waals surface area contributed by atoms with E-state index in [4.69, 9.17) is 4.74 Å². The normalized spacial score (nSPS) is 35.3. The van der Waals surface area contributed by atoms with Gasteiger partial charge in [0.15, 0.2) is 0 Å². The van der Waals surface area contributed by atoms with Gasteiger partial charge in [-0.05, 0) is 25.2 Å². The van der Waals surface area contributed by atoms with Crippen molar-refractivity contribution in [1.82, 2.24) is 0 Å². The molecule has 0 aromatic carbocycles. The first kappa shape index (κ1) is 5.72. The zero-order valence-electron chi connectivity index (χ0n) is 5.81. The summed E-state index contributed by atoms with van der Waals surface area (Å²) in [7, 11) is 0. The maximum Gasteiger partial charge on any atom is 0.0578 e. The Morgan fingerprint density at radius 1 is 1.22 bits per heavy atom. The van der Waals surface area contributed by atoms with Crippen LogP contribution in [0.3, 0.4) is 0 Å². The second-order valence-corrected chi connectivity index (χ2v) is 3.31. The molecule has 9 heavy (non-hydrogen) atoms. The highest BCUT2D eigenvalue weighted by atomic mass is 16.5. The summed E-state index contributed by atoms with van der Waals surface area (Å²) in [5.74, 6) is 1.05. The molecule has 2 rings (SSSR count). The summed E-state index contributed by atoms with van der Waals surface area (Å²) in [5, 5.41) is 0. The molecule has 0 aromatic rings. The Bertz CT molecular complexity index is 90.7. The molecular formula is C8H14O. The standard InChI is InChI=1S/C8H14O/c1-2-8(9-5-1)6-7-3-4-7/h7-8H,1-6H2. The van der Waals surface area contributed by atoms with Crippen LogP contribution in [-0.2, 0) is 4.74 Å². The number of hydrogen-bond acceptors (Lipinski definition) is 1. The molecule has 0 amide bonds. The van der Waals surface area contributed by atoms with E-state index in [2.05, 4.69) is 0 Å². The summed E-state index contributed by atoms with van der Waals surface area (Å²) in [6.45, 7) is 1.03. The SMILES string of the molecule is C1COC(CC2CC2)C1. The summed E-state index contributed by atoms with van der Waals surface area (Å²) in [5.41, 5.74) is 0. The van der Waals surface area contributed by atoms with Gasteiger partial charge in [-0.3, -0.25) is 0 Å². The fraction of sp³-hybridized carbons (Fsp3) is 1.00. The van der Waals surface area contributed by atoms with Crippen molar-refractivity contribution in [2.75, 3.05) is 6.61 Å². The number of ether oxygens (including phenoxy) is 1. The van der Waals surface area contributed by atoms with Crippen LogP contribution in [-0.4, -0.2) is 12.7 Å². The largest absolute Gasteiger partial charge is 0.378 e. The minimum Gasteiger partial charge on any atom is -0.378 e. The molecule has 1 aliphatic heterocycles. The highest BCUT2D eigenvalue weighted by Crippen LogP contribution is 2.36. The summed E-state index contributed by atoms with van der Waals surface area (Å²) < 4.78 is 5.50. The van der Waals surface area contributed by atoms with Crippen molar-refractivity contribution in [3.05, 3.63) is 0 Å². The Kier molecular flexibility index (Phi) is 1.46. The summed E-state index contributed by atoms with van der Waals surface area (Å²) in [6.07, 6.45) is 7.59. The van der Waals surface area contributed by atoms with Crippen molar-refractivity contribution >= 4 is 0 Å². The van der Waals surface area contributed by atoms with Crippen molar-refractivity contribution < 1.29 is 4.74 Å². The lowest BCUT2D eigenvalue weighted by molar-refractivity contribution is 0.0996. The van der Waals surface area contributed by atoms with Crippen molar-refractivity contribution in [1.29, 1.82) is 0 Å². The Morgan fingerprint density at radius 2 is 2.11 bits per heavy atom. The molecule has 0 aromatic heterocycles. The third kappa shape index (κ3) is 1.45. The molecule has 1 aliphatic carbocycles. The Hall–Kier alpha value is -0.0400. The van der Waals surface area contributed by atoms with E-state index in [1.165, 1.54) is 32.1 Å². The van der Waals surface area contributed by atoms with Crippen LogP contribution in [0.15, 0.2) is 0 Å².